The summed E-state index contributed by atoms with van der Waals surface area (Å²) in [6, 6.07) is 0. The lowest BCUT2D eigenvalue weighted by atomic mass is 9.98. The third-order valence-electron chi connectivity index (χ3n) is 4.34. The molecule has 2 unspecified atom stereocenters. The van der Waals surface area contributed by atoms with Gasteiger partial charge in [0, 0.05) is 0 Å². The van der Waals surface area contributed by atoms with Crippen molar-refractivity contribution in [3.63, 3.8) is 0 Å². The summed E-state index contributed by atoms with van der Waals surface area (Å²) in [5.41, 5.74) is 0. The number of ether oxygens (including phenoxy) is 2. The predicted molar refractivity (Wildman–Crippen MR) is 70.5 cm³/mol. The van der Waals surface area contributed by atoms with Crippen molar-refractivity contribution in [3.8, 4) is 0 Å². The number of carbonyl (C=O) groups is 2. The predicted octanol–water partition coefficient (Wildman–Crippen LogP) is 2.98. The molecule has 0 aliphatic heterocycles. The van der Waals surface area contributed by atoms with Gasteiger partial charge in [0.25, 0.3) is 0 Å². The molecule has 2 saturated carbocycles. The van der Waals surface area contributed by atoms with E-state index in [2.05, 4.69) is 6.92 Å². The summed E-state index contributed by atoms with van der Waals surface area (Å²) in [4.78, 5) is 23.3. The van der Waals surface area contributed by atoms with Gasteiger partial charge in [-0.2, -0.15) is 0 Å². The van der Waals surface area contributed by atoms with Crippen LogP contribution < -0.4 is 0 Å². The van der Waals surface area contributed by atoms with Gasteiger partial charge < -0.3 is 9.47 Å². The molecule has 2 fully saturated rings. The van der Waals surface area contributed by atoms with Gasteiger partial charge in [0.2, 0.25) is 0 Å². The Morgan fingerprint density at radius 1 is 0.895 bits per heavy atom. The summed E-state index contributed by atoms with van der Waals surface area (Å²) in [6.07, 6.45) is 8.89. The zero-order chi connectivity index (χ0) is 13.7. The minimum atomic E-state index is -0.799. The van der Waals surface area contributed by atoms with E-state index in [0.29, 0.717) is 5.92 Å². The maximum Gasteiger partial charge on any atom is 0.417 e. The van der Waals surface area contributed by atoms with Crippen LogP contribution >= 0.6 is 0 Å². The number of carbonyl (C=O) groups excluding carboxylic acids is 2. The molecule has 0 N–H and O–H groups in total. The Labute approximate surface area is 114 Å². The highest BCUT2D eigenvalue weighted by Gasteiger charge is 2.30. The first-order valence-corrected chi connectivity index (χ1v) is 7.60. The van der Waals surface area contributed by atoms with E-state index in [0.717, 1.165) is 51.4 Å². The van der Waals surface area contributed by atoms with Crippen LogP contribution in [-0.2, 0) is 19.1 Å². The quantitative estimate of drug-likeness (QED) is 0.583. The lowest BCUT2D eigenvalue weighted by Gasteiger charge is -2.21. The average Bonchev–Trinajstić information content (AvgIpc) is 2.87. The molecule has 108 valence electrons. The summed E-state index contributed by atoms with van der Waals surface area (Å²) in [5.74, 6) is -0.966. The molecule has 2 aliphatic rings. The van der Waals surface area contributed by atoms with Gasteiger partial charge in [-0.15, -0.1) is 0 Å². The molecule has 0 bridgehead atoms. The van der Waals surface area contributed by atoms with Gasteiger partial charge in [0.15, 0.2) is 0 Å². The molecule has 0 heterocycles. The summed E-state index contributed by atoms with van der Waals surface area (Å²) in [6.45, 7) is 2.15. The minimum absolute atomic E-state index is 0.0826. The molecule has 0 spiro atoms. The van der Waals surface area contributed by atoms with Crippen molar-refractivity contribution in [1.82, 2.24) is 0 Å². The van der Waals surface area contributed by atoms with Crippen molar-refractivity contribution in [3.05, 3.63) is 0 Å². The highest BCUT2D eigenvalue weighted by molar-refractivity contribution is 6.29. The fraction of sp³-hybridized carbons (Fsp3) is 0.867. The fourth-order valence-corrected chi connectivity index (χ4v) is 3.09. The van der Waals surface area contributed by atoms with Crippen LogP contribution in [-0.4, -0.2) is 24.1 Å². The van der Waals surface area contributed by atoms with E-state index < -0.39 is 11.9 Å². The van der Waals surface area contributed by atoms with Gasteiger partial charge in [0.05, 0.1) is 0 Å². The smallest absolute Gasteiger partial charge is 0.417 e. The minimum Gasteiger partial charge on any atom is -0.454 e. The van der Waals surface area contributed by atoms with E-state index in [-0.39, 0.29) is 12.2 Å². The maximum absolute atomic E-state index is 11.7. The second-order valence-electron chi connectivity index (χ2n) is 5.78. The van der Waals surface area contributed by atoms with Gasteiger partial charge in [-0.05, 0) is 50.9 Å². The molecule has 0 saturated heterocycles. The maximum atomic E-state index is 11.7. The molecule has 0 aromatic carbocycles. The van der Waals surface area contributed by atoms with Crippen LogP contribution in [0.2, 0.25) is 0 Å². The van der Waals surface area contributed by atoms with Crippen molar-refractivity contribution in [2.45, 2.75) is 76.9 Å². The molecule has 0 radical (unpaired) electrons. The van der Waals surface area contributed by atoms with E-state index in [1.165, 1.54) is 6.42 Å². The molecule has 19 heavy (non-hydrogen) atoms. The first kappa shape index (κ1) is 14.4. The van der Waals surface area contributed by atoms with E-state index >= 15 is 0 Å². The highest BCUT2D eigenvalue weighted by Crippen LogP contribution is 2.30. The fourth-order valence-electron chi connectivity index (χ4n) is 3.09. The first-order chi connectivity index (χ1) is 9.19. The van der Waals surface area contributed by atoms with Crippen LogP contribution in [0.3, 0.4) is 0 Å². The van der Waals surface area contributed by atoms with E-state index in [9.17, 15) is 9.59 Å². The van der Waals surface area contributed by atoms with Crippen LogP contribution in [0.5, 0.6) is 0 Å². The Morgan fingerprint density at radius 3 is 2.11 bits per heavy atom. The number of hydrogen-bond donors (Lipinski definition) is 0. The van der Waals surface area contributed by atoms with Gasteiger partial charge in [0.1, 0.15) is 12.2 Å². The number of esters is 2. The monoisotopic (exact) mass is 268 g/mol. The molecule has 2 atom stereocenters. The van der Waals surface area contributed by atoms with Crippen molar-refractivity contribution in [2.75, 3.05) is 0 Å². The van der Waals surface area contributed by atoms with Crippen LogP contribution in [0.25, 0.3) is 0 Å². The van der Waals surface area contributed by atoms with Crippen LogP contribution in [0.1, 0.15) is 64.7 Å². The second-order valence-corrected chi connectivity index (χ2v) is 5.78. The summed E-state index contributed by atoms with van der Waals surface area (Å²) in [7, 11) is 0. The van der Waals surface area contributed by atoms with Gasteiger partial charge in [-0.3, -0.25) is 0 Å². The van der Waals surface area contributed by atoms with Crippen LogP contribution in [0.15, 0.2) is 0 Å². The van der Waals surface area contributed by atoms with Gasteiger partial charge in [-0.25, -0.2) is 9.59 Å². The molecular formula is C15H24O4. The molecule has 4 nitrogen and oxygen atoms in total. The zero-order valence-corrected chi connectivity index (χ0v) is 11.7. The first-order valence-electron chi connectivity index (χ1n) is 7.60. The SMILES string of the molecule is CCC1CCC(OC(=O)C(=O)OC2CCCCC2)C1. The molecule has 2 rings (SSSR count). The summed E-state index contributed by atoms with van der Waals surface area (Å²) < 4.78 is 10.4. The average molecular weight is 268 g/mol. The van der Waals surface area contributed by atoms with E-state index in [1.54, 1.807) is 0 Å². The lowest BCUT2D eigenvalue weighted by molar-refractivity contribution is -0.174. The zero-order valence-electron chi connectivity index (χ0n) is 11.7. The second kappa shape index (κ2) is 6.92. The van der Waals surface area contributed by atoms with E-state index in [1.807, 2.05) is 0 Å². The Balaban J connectivity index is 1.71. The molecule has 0 amide bonds. The standard InChI is InChI=1S/C15H24O4/c1-2-11-8-9-13(10-11)19-15(17)14(16)18-12-6-4-3-5-7-12/h11-13H,2-10H2,1H3. The van der Waals surface area contributed by atoms with Gasteiger partial charge >= 0.3 is 11.9 Å². The van der Waals surface area contributed by atoms with Gasteiger partial charge in [-0.1, -0.05) is 19.8 Å². The largest absolute Gasteiger partial charge is 0.454 e. The Morgan fingerprint density at radius 2 is 1.53 bits per heavy atom. The highest BCUT2D eigenvalue weighted by atomic mass is 16.6. The topological polar surface area (TPSA) is 52.6 Å². The normalized spacial score (nSPS) is 28.1. The summed E-state index contributed by atoms with van der Waals surface area (Å²) in [5, 5.41) is 0. The molecule has 0 aromatic heterocycles. The van der Waals surface area contributed by atoms with Crippen molar-refractivity contribution in [2.24, 2.45) is 5.92 Å². The van der Waals surface area contributed by atoms with Crippen molar-refractivity contribution < 1.29 is 19.1 Å². The molecule has 0 aromatic rings. The van der Waals surface area contributed by atoms with Crippen LogP contribution in [0.4, 0.5) is 0 Å². The molecule has 2 aliphatic carbocycles. The van der Waals surface area contributed by atoms with Crippen molar-refractivity contribution in [1.29, 1.82) is 0 Å². The molecular weight excluding hydrogens is 244 g/mol. The Kier molecular flexibility index (Phi) is 5.23. The lowest BCUT2D eigenvalue weighted by Crippen LogP contribution is -2.29. The third kappa shape index (κ3) is 4.22. The Bertz CT molecular complexity index is 320. The van der Waals surface area contributed by atoms with Crippen LogP contribution in [0, 0.1) is 5.92 Å². The molecule has 4 heteroatoms. The number of hydrogen-bond acceptors (Lipinski definition) is 4. The van der Waals surface area contributed by atoms with E-state index in [4.69, 9.17) is 9.47 Å². The Hall–Kier alpha value is -1.06. The summed E-state index contributed by atoms with van der Waals surface area (Å²) >= 11 is 0. The number of rotatable bonds is 3. The van der Waals surface area contributed by atoms with Crippen molar-refractivity contribution >= 4 is 11.9 Å². The third-order valence-corrected chi connectivity index (χ3v) is 4.34.